The summed E-state index contributed by atoms with van der Waals surface area (Å²) in [5.74, 6) is -1.47. The van der Waals surface area contributed by atoms with Crippen molar-refractivity contribution in [3.8, 4) is 0 Å². The normalized spacial score (nSPS) is 12.4. The van der Waals surface area contributed by atoms with Crippen LogP contribution in [0.3, 0.4) is 0 Å². The van der Waals surface area contributed by atoms with Crippen LogP contribution in [-0.2, 0) is 18.3 Å². The van der Waals surface area contributed by atoms with Crippen LogP contribution in [-0.4, -0.2) is 20.9 Å². The fraction of sp³-hybridized carbons (Fsp3) is 0.333. The van der Waals surface area contributed by atoms with Crippen molar-refractivity contribution in [2.45, 2.75) is 26.2 Å². The Morgan fingerprint density at radius 1 is 1.45 bits per heavy atom. The van der Waals surface area contributed by atoms with Gasteiger partial charge in [-0.25, -0.2) is 0 Å². The highest BCUT2D eigenvalue weighted by Gasteiger charge is 2.24. The van der Waals surface area contributed by atoms with Crippen LogP contribution >= 0.6 is 11.6 Å². The van der Waals surface area contributed by atoms with Gasteiger partial charge in [0, 0.05) is 12.6 Å². The Morgan fingerprint density at radius 3 is 2.65 bits per heavy atom. The highest BCUT2D eigenvalue weighted by molar-refractivity contribution is 6.30. The Bertz CT molecular complexity index is 649. The molecule has 0 fully saturated rings. The maximum atomic E-state index is 11.6. The summed E-state index contributed by atoms with van der Waals surface area (Å²) in [5.41, 5.74) is 3.40. The lowest BCUT2D eigenvalue weighted by molar-refractivity contribution is -0.138. The smallest absolute Gasteiger partial charge is 0.311 e. The van der Waals surface area contributed by atoms with Gasteiger partial charge in [-0.15, -0.1) is 0 Å². The lowest BCUT2D eigenvalue weighted by atomic mass is 9.91. The summed E-state index contributed by atoms with van der Waals surface area (Å²) in [7, 11) is 1.75. The van der Waals surface area contributed by atoms with Gasteiger partial charge in [0.15, 0.2) is 0 Å². The van der Waals surface area contributed by atoms with Crippen LogP contribution in [0.5, 0.6) is 0 Å². The molecular weight excluding hydrogens is 276 g/mol. The molecule has 2 aromatic rings. The SMILES string of the molecule is Cc1cccc(C(Cc2c(C)nn(C)c2Cl)C(=O)O)c1. The Kier molecular flexibility index (Phi) is 4.14. The second-order valence-electron chi connectivity index (χ2n) is 4.99. The average molecular weight is 293 g/mol. The minimum atomic E-state index is -0.852. The van der Waals surface area contributed by atoms with Crippen molar-refractivity contribution in [2.75, 3.05) is 0 Å². The zero-order valence-electron chi connectivity index (χ0n) is 11.7. The van der Waals surface area contributed by atoms with Crippen LogP contribution in [0.15, 0.2) is 24.3 Å². The first-order valence-corrected chi connectivity index (χ1v) is 6.75. The number of rotatable bonds is 4. The summed E-state index contributed by atoms with van der Waals surface area (Å²) in [6.45, 7) is 3.79. The van der Waals surface area contributed by atoms with Crippen LogP contribution in [0.2, 0.25) is 5.15 Å². The van der Waals surface area contributed by atoms with E-state index in [1.165, 1.54) is 0 Å². The Labute approximate surface area is 123 Å². The van der Waals surface area contributed by atoms with Gasteiger partial charge in [0.2, 0.25) is 0 Å². The Balaban J connectivity index is 2.38. The summed E-state index contributed by atoms with van der Waals surface area (Å²) >= 11 is 6.19. The van der Waals surface area contributed by atoms with Crippen LogP contribution in [0.1, 0.15) is 28.3 Å². The van der Waals surface area contributed by atoms with Crippen molar-refractivity contribution in [3.05, 3.63) is 51.8 Å². The molecule has 1 heterocycles. The van der Waals surface area contributed by atoms with E-state index in [1.807, 2.05) is 38.1 Å². The van der Waals surface area contributed by atoms with Gasteiger partial charge in [-0.3, -0.25) is 9.48 Å². The third-order valence-electron chi connectivity index (χ3n) is 3.42. The number of hydrogen-bond donors (Lipinski definition) is 1. The number of aliphatic carboxylic acids is 1. The Morgan fingerprint density at radius 2 is 2.15 bits per heavy atom. The van der Waals surface area contributed by atoms with Crippen molar-refractivity contribution < 1.29 is 9.90 Å². The van der Waals surface area contributed by atoms with Gasteiger partial charge in [0.1, 0.15) is 5.15 Å². The van der Waals surface area contributed by atoms with Crippen molar-refractivity contribution in [2.24, 2.45) is 7.05 Å². The van der Waals surface area contributed by atoms with Gasteiger partial charge >= 0.3 is 5.97 Å². The highest BCUT2D eigenvalue weighted by Crippen LogP contribution is 2.28. The monoisotopic (exact) mass is 292 g/mol. The Hall–Kier alpha value is -1.81. The minimum Gasteiger partial charge on any atom is -0.481 e. The molecule has 0 saturated heterocycles. The molecule has 1 atom stereocenters. The summed E-state index contributed by atoms with van der Waals surface area (Å²) in [4.78, 5) is 11.6. The molecule has 0 aliphatic carbocycles. The topological polar surface area (TPSA) is 55.1 Å². The zero-order chi connectivity index (χ0) is 14.9. The predicted octanol–water partition coefficient (Wildman–Crippen LogP) is 3.10. The second kappa shape index (κ2) is 5.67. The molecule has 0 amide bonds. The fourth-order valence-corrected chi connectivity index (χ4v) is 2.60. The third kappa shape index (κ3) is 2.85. The lowest BCUT2D eigenvalue weighted by Gasteiger charge is -2.13. The number of carboxylic acids is 1. The van der Waals surface area contributed by atoms with Crippen molar-refractivity contribution >= 4 is 17.6 Å². The number of nitrogens with zero attached hydrogens (tertiary/aromatic N) is 2. The number of benzene rings is 1. The molecular formula is C15H17ClN2O2. The van der Waals surface area contributed by atoms with Crippen molar-refractivity contribution in [3.63, 3.8) is 0 Å². The maximum absolute atomic E-state index is 11.6. The van der Waals surface area contributed by atoms with E-state index in [4.69, 9.17) is 11.6 Å². The largest absolute Gasteiger partial charge is 0.481 e. The van der Waals surface area contributed by atoms with Crippen LogP contribution in [0.25, 0.3) is 0 Å². The van der Waals surface area contributed by atoms with E-state index in [9.17, 15) is 9.90 Å². The second-order valence-corrected chi connectivity index (χ2v) is 5.35. The number of carboxylic acid groups (broad SMARTS) is 1. The van der Waals surface area contributed by atoms with E-state index in [0.717, 1.165) is 22.4 Å². The zero-order valence-corrected chi connectivity index (χ0v) is 12.5. The molecule has 5 heteroatoms. The predicted molar refractivity (Wildman–Crippen MR) is 78.2 cm³/mol. The van der Waals surface area contributed by atoms with Gasteiger partial charge in [0.05, 0.1) is 11.6 Å². The van der Waals surface area contributed by atoms with Gasteiger partial charge in [-0.2, -0.15) is 5.10 Å². The van der Waals surface area contributed by atoms with Crippen molar-refractivity contribution in [1.29, 1.82) is 0 Å². The van der Waals surface area contributed by atoms with E-state index in [-0.39, 0.29) is 0 Å². The maximum Gasteiger partial charge on any atom is 0.311 e. The first-order valence-electron chi connectivity index (χ1n) is 6.37. The summed E-state index contributed by atoms with van der Waals surface area (Å²) in [5, 5.41) is 14.2. The van der Waals surface area contributed by atoms with E-state index >= 15 is 0 Å². The number of halogens is 1. The fourth-order valence-electron chi connectivity index (χ4n) is 2.34. The van der Waals surface area contributed by atoms with E-state index in [1.54, 1.807) is 11.7 Å². The van der Waals surface area contributed by atoms with Crippen LogP contribution in [0, 0.1) is 13.8 Å². The molecule has 1 aromatic carbocycles. The lowest BCUT2D eigenvalue weighted by Crippen LogP contribution is -2.15. The van der Waals surface area contributed by atoms with E-state index in [2.05, 4.69) is 5.10 Å². The first kappa shape index (κ1) is 14.6. The number of aryl methyl sites for hydroxylation is 3. The highest BCUT2D eigenvalue weighted by atomic mass is 35.5. The van der Waals surface area contributed by atoms with Crippen molar-refractivity contribution in [1.82, 2.24) is 9.78 Å². The van der Waals surface area contributed by atoms with Crippen LogP contribution in [0.4, 0.5) is 0 Å². The molecule has 0 bridgehead atoms. The molecule has 0 saturated carbocycles. The minimum absolute atomic E-state index is 0.345. The summed E-state index contributed by atoms with van der Waals surface area (Å²) < 4.78 is 1.57. The summed E-state index contributed by atoms with van der Waals surface area (Å²) in [6, 6.07) is 7.56. The van der Waals surface area contributed by atoms with Gasteiger partial charge in [0.25, 0.3) is 0 Å². The molecule has 20 heavy (non-hydrogen) atoms. The van der Waals surface area contributed by atoms with Crippen LogP contribution < -0.4 is 0 Å². The molecule has 1 N–H and O–H groups in total. The van der Waals surface area contributed by atoms with E-state index < -0.39 is 11.9 Å². The molecule has 0 spiro atoms. The average Bonchev–Trinajstić information content (AvgIpc) is 2.60. The number of hydrogen-bond acceptors (Lipinski definition) is 2. The molecule has 0 radical (unpaired) electrons. The van der Waals surface area contributed by atoms with Gasteiger partial charge < -0.3 is 5.11 Å². The third-order valence-corrected chi connectivity index (χ3v) is 3.89. The number of aromatic nitrogens is 2. The van der Waals surface area contributed by atoms with E-state index in [0.29, 0.717) is 11.6 Å². The van der Waals surface area contributed by atoms with Gasteiger partial charge in [-0.1, -0.05) is 41.4 Å². The molecule has 0 aliphatic heterocycles. The quantitative estimate of drug-likeness (QED) is 0.942. The molecule has 0 aliphatic rings. The first-order chi connectivity index (χ1) is 9.40. The molecule has 2 rings (SSSR count). The summed E-state index contributed by atoms with van der Waals surface area (Å²) in [6.07, 6.45) is 0.345. The molecule has 4 nitrogen and oxygen atoms in total. The molecule has 1 unspecified atom stereocenters. The standard InChI is InChI=1S/C15H17ClN2O2/c1-9-5-4-6-11(7-9)13(15(19)20)8-12-10(2)17-18(3)14(12)16/h4-7,13H,8H2,1-3H3,(H,19,20). The number of carbonyl (C=O) groups is 1. The molecule has 1 aromatic heterocycles. The van der Waals surface area contributed by atoms with Gasteiger partial charge in [-0.05, 0) is 25.8 Å². The molecule has 106 valence electrons.